The molecule has 0 aliphatic rings. The summed E-state index contributed by atoms with van der Waals surface area (Å²) in [6.07, 6.45) is -0.698. The van der Waals surface area contributed by atoms with Crippen LogP contribution in [0.5, 0.6) is 5.75 Å². The van der Waals surface area contributed by atoms with Crippen molar-refractivity contribution in [2.75, 3.05) is 12.8 Å². The Labute approximate surface area is 125 Å². The van der Waals surface area contributed by atoms with Gasteiger partial charge in [-0.25, -0.2) is 0 Å². The summed E-state index contributed by atoms with van der Waals surface area (Å²) in [5.41, 5.74) is 11.2. The Bertz CT molecular complexity index is 488. The van der Waals surface area contributed by atoms with Crippen LogP contribution in [0.25, 0.3) is 0 Å². The van der Waals surface area contributed by atoms with Gasteiger partial charge in [-0.1, -0.05) is 0 Å². The summed E-state index contributed by atoms with van der Waals surface area (Å²) in [7, 11) is 0. The number of unbranched alkanes of at least 4 members (excludes halogenated alkanes) is 1. The first-order valence-corrected chi connectivity index (χ1v) is 7.52. The molecule has 4 nitrogen and oxygen atoms in total. The molecule has 0 aromatic heterocycles. The van der Waals surface area contributed by atoms with Crippen molar-refractivity contribution < 1.29 is 17.9 Å². The summed E-state index contributed by atoms with van der Waals surface area (Å²) in [5, 5.41) is 0. The zero-order valence-electron chi connectivity index (χ0n) is 11.6. The number of alkyl halides is 3. The molecule has 0 heterocycles. The Hall–Kier alpha value is -1.57. The zero-order chi connectivity index (χ0) is 15.9. The highest BCUT2D eigenvalue weighted by Gasteiger charge is 2.31. The molecule has 0 bridgehead atoms. The number of benzene rings is 1. The molecule has 0 atom stereocenters. The standard InChI is InChI=1S/C13H18F3N3OS/c1-21-11-7-9(4-2-3-5-19-12(17)18)6-10(8-11)20-13(14,15)16/h6-8H,2-5H2,1H3,(H4,17,18,19). The van der Waals surface area contributed by atoms with Crippen LogP contribution in [0.1, 0.15) is 18.4 Å². The quantitative estimate of drug-likeness (QED) is 0.350. The number of thioether (sulfide) groups is 1. The molecular weight excluding hydrogens is 303 g/mol. The van der Waals surface area contributed by atoms with Gasteiger partial charge in [0.05, 0.1) is 0 Å². The second-order valence-corrected chi connectivity index (χ2v) is 5.21. The van der Waals surface area contributed by atoms with Gasteiger partial charge in [0.25, 0.3) is 0 Å². The maximum atomic E-state index is 12.3. The predicted octanol–water partition coefficient (Wildman–Crippen LogP) is 2.90. The molecule has 118 valence electrons. The number of hydrogen-bond acceptors (Lipinski definition) is 3. The lowest BCUT2D eigenvalue weighted by molar-refractivity contribution is -0.274. The van der Waals surface area contributed by atoms with Gasteiger partial charge in [-0.2, -0.15) is 0 Å². The van der Waals surface area contributed by atoms with Gasteiger partial charge in [0.1, 0.15) is 5.75 Å². The van der Waals surface area contributed by atoms with E-state index in [1.807, 2.05) is 6.07 Å². The van der Waals surface area contributed by atoms with E-state index in [0.29, 0.717) is 13.0 Å². The summed E-state index contributed by atoms with van der Waals surface area (Å²) < 4.78 is 40.8. The summed E-state index contributed by atoms with van der Waals surface area (Å²) >= 11 is 1.37. The maximum Gasteiger partial charge on any atom is 0.573 e. The normalized spacial score (nSPS) is 11.2. The summed E-state index contributed by atoms with van der Waals surface area (Å²) in [4.78, 5) is 4.58. The lowest BCUT2D eigenvalue weighted by Gasteiger charge is -2.12. The number of rotatable bonds is 7. The number of aryl methyl sites for hydroxylation is 1. The molecule has 21 heavy (non-hydrogen) atoms. The van der Waals surface area contributed by atoms with E-state index >= 15 is 0 Å². The van der Waals surface area contributed by atoms with E-state index in [2.05, 4.69) is 9.73 Å². The second-order valence-electron chi connectivity index (χ2n) is 4.33. The average molecular weight is 321 g/mol. The molecule has 4 N–H and O–H groups in total. The minimum absolute atomic E-state index is 0.0419. The van der Waals surface area contributed by atoms with Crippen LogP contribution in [0.2, 0.25) is 0 Å². The first kappa shape index (κ1) is 17.5. The van der Waals surface area contributed by atoms with E-state index in [0.717, 1.165) is 23.3 Å². The lowest BCUT2D eigenvalue weighted by Crippen LogP contribution is -2.22. The fourth-order valence-electron chi connectivity index (χ4n) is 1.73. The topological polar surface area (TPSA) is 73.6 Å². The molecule has 0 unspecified atom stereocenters. The number of hydrogen-bond donors (Lipinski definition) is 2. The number of nitrogens with zero attached hydrogens (tertiary/aromatic N) is 1. The van der Waals surface area contributed by atoms with Crippen molar-refractivity contribution in [2.45, 2.75) is 30.5 Å². The Balaban J connectivity index is 2.64. The zero-order valence-corrected chi connectivity index (χ0v) is 12.4. The number of nitrogens with two attached hydrogens (primary N) is 2. The van der Waals surface area contributed by atoms with E-state index in [4.69, 9.17) is 11.5 Å². The average Bonchev–Trinajstić information content (AvgIpc) is 2.35. The minimum Gasteiger partial charge on any atom is -0.406 e. The van der Waals surface area contributed by atoms with E-state index in [1.165, 1.54) is 23.9 Å². The molecule has 1 aromatic rings. The first-order chi connectivity index (χ1) is 9.80. The minimum atomic E-state index is -4.68. The number of aliphatic imine (C=N–C) groups is 1. The number of guanidine groups is 1. The first-order valence-electron chi connectivity index (χ1n) is 6.29. The second kappa shape index (κ2) is 8.02. The Morgan fingerprint density at radius 3 is 2.52 bits per heavy atom. The van der Waals surface area contributed by atoms with Crippen molar-refractivity contribution in [3.63, 3.8) is 0 Å². The van der Waals surface area contributed by atoms with Gasteiger partial charge in [0.2, 0.25) is 0 Å². The third kappa shape index (κ3) is 7.69. The van der Waals surface area contributed by atoms with Crippen LogP contribution in [0.15, 0.2) is 28.1 Å². The third-order valence-corrected chi connectivity index (χ3v) is 3.28. The van der Waals surface area contributed by atoms with E-state index in [1.54, 1.807) is 6.26 Å². The van der Waals surface area contributed by atoms with E-state index in [-0.39, 0.29) is 11.7 Å². The van der Waals surface area contributed by atoms with Gasteiger partial charge in [-0.3, -0.25) is 4.99 Å². The van der Waals surface area contributed by atoms with Crippen LogP contribution < -0.4 is 16.2 Å². The van der Waals surface area contributed by atoms with Gasteiger partial charge in [0.15, 0.2) is 5.96 Å². The van der Waals surface area contributed by atoms with Gasteiger partial charge in [0, 0.05) is 11.4 Å². The van der Waals surface area contributed by atoms with Crippen molar-refractivity contribution in [1.82, 2.24) is 0 Å². The number of halogens is 3. The molecule has 0 spiro atoms. The predicted molar refractivity (Wildman–Crippen MR) is 78.5 cm³/mol. The molecule has 0 amide bonds. The summed E-state index contributed by atoms with van der Waals surface area (Å²) in [6.45, 7) is 0.510. The Morgan fingerprint density at radius 2 is 1.95 bits per heavy atom. The molecule has 0 aliphatic heterocycles. The van der Waals surface area contributed by atoms with Gasteiger partial charge in [-0.15, -0.1) is 24.9 Å². The molecule has 1 rings (SSSR count). The van der Waals surface area contributed by atoms with Gasteiger partial charge >= 0.3 is 6.36 Å². The Morgan fingerprint density at radius 1 is 1.24 bits per heavy atom. The molecule has 0 aliphatic carbocycles. The molecule has 0 saturated carbocycles. The largest absolute Gasteiger partial charge is 0.573 e. The molecule has 0 fully saturated rings. The lowest BCUT2D eigenvalue weighted by atomic mass is 10.1. The van der Waals surface area contributed by atoms with Crippen molar-refractivity contribution in [1.29, 1.82) is 0 Å². The van der Waals surface area contributed by atoms with Crippen LogP contribution >= 0.6 is 11.8 Å². The van der Waals surface area contributed by atoms with Crippen LogP contribution in [0, 0.1) is 0 Å². The molecule has 1 aromatic carbocycles. The molecular formula is C13H18F3N3OS. The molecule has 8 heteroatoms. The summed E-state index contributed by atoms with van der Waals surface area (Å²) in [6, 6.07) is 4.64. The van der Waals surface area contributed by atoms with Crippen molar-refractivity contribution >= 4 is 17.7 Å². The maximum absolute atomic E-state index is 12.3. The van der Waals surface area contributed by atoms with Crippen LogP contribution in [-0.2, 0) is 6.42 Å². The van der Waals surface area contributed by atoms with Crippen molar-refractivity contribution in [2.24, 2.45) is 16.5 Å². The summed E-state index contributed by atoms with van der Waals surface area (Å²) in [5.74, 6) is -0.145. The van der Waals surface area contributed by atoms with Crippen molar-refractivity contribution in [3.8, 4) is 5.75 Å². The van der Waals surface area contributed by atoms with Gasteiger partial charge < -0.3 is 16.2 Å². The highest BCUT2D eigenvalue weighted by molar-refractivity contribution is 7.98. The molecule has 0 radical (unpaired) electrons. The fraction of sp³-hybridized carbons (Fsp3) is 0.462. The molecule has 0 saturated heterocycles. The monoisotopic (exact) mass is 321 g/mol. The van der Waals surface area contributed by atoms with Crippen LogP contribution in [-0.4, -0.2) is 25.1 Å². The van der Waals surface area contributed by atoms with Crippen LogP contribution in [0.3, 0.4) is 0 Å². The smallest absolute Gasteiger partial charge is 0.406 e. The highest BCUT2D eigenvalue weighted by Crippen LogP contribution is 2.29. The third-order valence-electron chi connectivity index (χ3n) is 2.58. The van der Waals surface area contributed by atoms with Crippen molar-refractivity contribution in [3.05, 3.63) is 23.8 Å². The van der Waals surface area contributed by atoms with Crippen LogP contribution in [0.4, 0.5) is 13.2 Å². The fourth-order valence-corrected chi connectivity index (χ4v) is 2.24. The van der Waals surface area contributed by atoms with E-state index < -0.39 is 6.36 Å². The van der Waals surface area contributed by atoms with E-state index in [9.17, 15) is 13.2 Å². The highest BCUT2D eigenvalue weighted by atomic mass is 32.2. The number of ether oxygens (including phenoxy) is 1. The van der Waals surface area contributed by atoms with Gasteiger partial charge in [-0.05, 0) is 49.3 Å². The SMILES string of the molecule is CSc1cc(CCCCN=C(N)N)cc(OC(F)(F)F)c1. The Kier molecular flexibility index (Phi) is 6.67.